The number of hydrogen-bond acceptors (Lipinski definition) is 3. The van der Waals surface area contributed by atoms with Crippen molar-refractivity contribution in [2.45, 2.75) is 26.8 Å². The molecule has 5 nitrogen and oxygen atoms in total. The van der Waals surface area contributed by atoms with Crippen molar-refractivity contribution in [2.24, 2.45) is 0 Å². The van der Waals surface area contributed by atoms with Crippen LogP contribution >= 0.6 is 0 Å². The summed E-state index contributed by atoms with van der Waals surface area (Å²) in [7, 11) is 1.62. The third kappa shape index (κ3) is 3.61. The highest BCUT2D eigenvalue weighted by atomic mass is 16.2. The van der Waals surface area contributed by atoms with E-state index in [-0.39, 0.29) is 24.4 Å². The van der Waals surface area contributed by atoms with Crippen molar-refractivity contribution in [3.05, 3.63) is 41.6 Å². The minimum Gasteiger partial charge on any atom is -0.352 e. The fraction of sp³-hybridized carbons (Fsp3) is 0.353. The van der Waals surface area contributed by atoms with Crippen LogP contribution in [-0.4, -0.2) is 41.3 Å². The number of benzene rings is 1. The summed E-state index contributed by atoms with van der Waals surface area (Å²) in [5.41, 5.74) is 2.05. The molecule has 0 bridgehead atoms. The highest BCUT2D eigenvalue weighted by molar-refractivity contribution is 6.00. The number of carbonyl (C=O) groups excluding carboxylic acids is 2. The zero-order valence-corrected chi connectivity index (χ0v) is 13.4. The normalized spacial score (nSPS) is 10.8. The van der Waals surface area contributed by atoms with E-state index in [1.165, 1.54) is 4.90 Å². The van der Waals surface area contributed by atoms with Crippen LogP contribution in [0, 0.1) is 6.92 Å². The Labute approximate surface area is 130 Å². The first kappa shape index (κ1) is 15.9. The average molecular weight is 299 g/mol. The number of fused-ring (bicyclic) bond motifs is 1. The maximum absolute atomic E-state index is 12.5. The van der Waals surface area contributed by atoms with E-state index in [0.29, 0.717) is 11.3 Å². The molecule has 0 aliphatic rings. The van der Waals surface area contributed by atoms with Gasteiger partial charge < -0.3 is 10.2 Å². The van der Waals surface area contributed by atoms with Crippen molar-refractivity contribution in [3.8, 4) is 0 Å². The molecule has 0 spiro atoms. The van der Waals surface area contributed by atoms with Gasteiger partial charge in [-0.05, 0) is 32.9 Å². The van der Waals surface area contributed by atoms with Crippen LogP contribution in [0.5, 0.6) is 0 Å². The zero-order chi connectivity index (χ0) is 16.3. The number of hydrogen-bond donors (Lipinski definition) is 1. The third-order valence-corrected chi connectivity index (χ3v) is 3.32. The molecular weight excluding hydrogens is 278 g/mol. The lowest BCUT2D eigenvalue weighted by Gasteiger charge is -2.19. The van der Waals surface area contributed by atoms with Gasteiger partial charge in [-0.25, -0.2) is 0 Å². The van der Waals surface area contributed by atoms with E-state index in [9.17, 15) is 9.59 Å². The van der Waals surface area contributed by atoms with Gasteiger partial charge in [-0.3, -0.25) is 14.6 Å². The van der Waals surface area contributed by atoms with Gasteiger partial charge in [0.15, 0.2) is 0 Å². The van der Waals surface area contributed by atoms with Crippen LogP contribution in [0.3, 0.4) is 0 Å². The number of para-hydroxylation sites is 1. The maximum Gasteiger partial charge on any atom is 0.255 e. The van der Waals surface area contributed by atoms with E-state index in [1.807, 2.05) is 51.1 Å². The monoisotopic (exact) mass is 299 g/mol. The molecule has 2 amide bonds. The highest BCUT2D eigenvalue weighted by Crippen LogP contribution is 2.17. The lowest BCUT2D eigenvalue weighted by molar-refractivity contribution is -0.122. The molecule has 0 saturated carbocycles. The number of aromatic nitrogens is 1. The van der Waals surface area contributed by atoms with Crippen LogP contribution in [-0.2, 0) is 4.79 Å². The van der Waals surface area contributed by atoms with Gasteiger partial charge in [0.2, 0.25) is 5.91 Å². The summed E-state index contributed by atoms with van der Waals surface area (Å²) in [5, 5.41) is 3.69. The molecule has 0 fully saturated rings. The van der Waals surface area contributed by atoms with Crippen molar-refractivity contribution in [2.75, 3.05) is 13.6 Å². The average Bonchev–Trinajstić information content (AvgIpc) is 2.44. The van der Waals surface area contributed by atoms with Gasteiger partial charge in [0, 0.05) is 18.5 Å². The molecule has 2 aromatic rings. The summed E-state index contributed by atoms with van der Waals surface area (Å²) in [5.74, 6) is -0.369. The molecule has 1 aromatic heterocycles. The number of likely N-dealkylation sites (N-methyl/N-ethyl adjacent to an activating group) is 1. The molecule has 0 unspecified atom stereocenters. The molecule has 0 saturated heterocycles. The van der Waals surface area contributed by atoms with E-state index in [1.54, 1.807) is 7.05 Å². The van der Waals surface area contributed by atoms with Gasteiger partial charge in [0.1, 0.15) is 0 Å². The van der Waals surface area contributed by atoms with Crippen LogP contribution in [0.15, 0.2) is 30.3 Å². The number of amides is 2. The smallest absolute Gasteiger partial charge is 0.255 e. The fourth-order valence-electron chi connectivity index (χ4n) is 2.29. The first-order chi connectivity index (χ1) is 10.4. The Hall–Kier alpha value is -2.43. The quantitative estimate of drug-likeness (QED) is 0.941. The molecule has 1 N–H and O–H groups in total. The minimum atomic E-state index is -0.199. The molecule has 22 heavy (non-hydrogen) atoms. The van der Waals surface area contributed by atoms with Gasteiger partial charge in [0.05, 0.1) is 23.3 Å². The molecule has 1 heterocycles. The Bertz CT molecular complexity index is 710. The predicted octanol–water partition coefficient (Wildman–Crippen LogP) is 2.14. The van der Waals surface area contributed by atoms with Crippen molar-refractivity contribution >= 4 is 22.7 Å². The first-order valence-electron chi connectivity index (χ1n) is 7.29. The lowest BCUT2D eigenvalue weighted by Crippen LogP contribution is -2.41. The number of nitrogens with zero attached hydrogens (tertiary/aromatic N) is 2. The van der Waals surface area contributed by atoms with Crippen LogP contribution in [0.25, 0.3) is 10.9 Å². The first-order valence-corrected chi connectivity index (χ1v) is 7.29. The fourth-order valence-corrected chi connectivity index (χ4v) is 2.29. The Morgan fingerprint density at radius 2 is 1.95 bits per heavy atom. The van der Waals surface area contributed by atoms with E-state index in [0.717, 1.165) is 10.9 Å². The summed E-state index contributed by atoms with van der Waals surface area (Å²) in [6.07, 6.45) is 0. The summed E-state index contributed by atoms with van der Waals surface area (Å²) < 4.78 is 0. The molecule has 5 heteroatoms. The molecule has 0 radical (unpaired) electrons. The maximum atomic E-state index is 12.5. The van der Waals surface area contributed by atoms with Crippen LogP contribution in [0.4, 0.5) is 0 Å². The number of nitrogens with one attached hydrogen (secondary N) is 1. The SMILES string of the molecule is Cc1nc2ccccc2cc1C(=O)N(C)CC(=O)NC(C)C. The number of carbonyl (C=O) groups is 2. The third-order valence-electron chi connectivity index (χ3n) is 3.32. The lowest BCUT2D eigenvalue weighted by atomic mass is 10.1. The molecular formula is C17H21N3O2. The molecule has 0 aliphatic heterocycles. The number of pyridine rings is 1. The number of rotatable bonds is 4. The van der Waals surface area contributed by atoms with Gasteiger partial charge in [0.25, 0.3) is 5.91 Å². The number of aryl methyl sites for hydroxylation is 1. The molecule has 0 aliphatic carbocycles. The van der Waals surface area contributed by atoms with Crippen molar-refractivity contribution < 1.29 is 9.59 Å². The summed E-state index contributed by atoms with van der Waals surface area (Å²) in [4.78, 5) is 30.2. The van der Waals surface area contributed by atoms with Gasteiger partial charge >= 0.3 is 0 Å². The van der Waals surface area contributed by atoms with E-state index in [4.69, 9.17) is 0 Å². The van der Waals surface area contributed by atoms with Gasteiger partial charge in [-0.15, -0.1) is 0 Å². The minimum absolute atomic E-state index is 0.0310. The topological polar surface area (TPSA) is 62.3 Å². The van der Waals surface area contributed by atoms with Gasteiger partial charge in [-0.1, -0.05) is 18.2 Å². The predicted molar refractivity (Wildman–Crippen MR) is 86.7 cm³/mol. The van der Waals surface area contributed by atoms with Crippen molar-refractivity contribution in [1.29, 1.82) is 0 Å². The molecule has 116 valence electrons. The molecule has 0 atom stereocenters. The zero-order valence-electron chi connectivity index (χ0n) is 13.4. The largest absolute Gasteiger partial charge is 0.352 e. The molecule has 2 rings (SSSR count). The summed E-state index contributed by atoms with van der Waals surface area (Å²) in [6.45, 7) is 5.61. The standard InChI is InChI=1S/C17H21N3O2/c1-11(2)18-16(21)10-20(4)17(22)14-9-13-7-5-6-8-15(13)19-12(14)3/h5-9,11H,10H2,1-4H3,(H,18,21). The highest BCUT2D eigenvalue weighted by Gasteiger charge is 2.18. The van der Waals surface area contributed by atoms with Crippen LogP contribution in [0.1, 0.15) is 29.9 Å². The second kappa shape index (κ2) is 6.56. The Balaban J connectivity index is 2.21. The summed E-state index contributed by atoms with van der Waals surface area (Å²) in [6, 6.07) is 9.55. The Kier molecular flexibility index (Phi) is 4.75. The van der Waals surface area contributed by atoms with Crippen LogP contribution < -0.4 is 5.32 Å². The Morgan fingerprint density at radius 1 is 1.27 bits per heavy atom. The molecule has 1 aromatic carbocycles. The summed E-state index contributed by atoms with van der Waals surface area (Å²) >= 11 is 0. The second-order valence-electron chi connectivity index (χ2n) is 5.70. The van der Waals surface area contributed by atoms with Crippen molar-refractivity contribution in [3.63, 3.8) is 0 Å². The van der Waals surface area contributed by atoms with Gasteiger partial charge in [-0.2, -0.15) is 0 Å². The van der Waals surface area contributed by atoms with E-state index < -0.39 is 0 Å². The van der Waals surface area contributed by atoms with Crippen molar-refractivity contribution in [1.82, 2.24) is 15.2 Å². The van der Waals surface area contributed by atoms with Crippen LogP contribution in [0.2, 0.25) is 0 Å². The second-order valence-corrected chi connectivity index (χ2v) is 5.70. The van der Waals surface area contributed by atoms with E-state index in [2.05, 4.69) is 10.3 Å². The Morgan fingerprint density at radius 3 is 2.64 bits per heavy atom. The van der Waals surface area contributed by atoms with E-state index >= 15 is 0 Å².